The van der Waals surface area contributed by atoms with Crippen molar-refractivity contribution in [3.63, 3.8) is 0 Å². The molecule has 2 unspecified atom stereocenters. The van der Waals surface area contributed by atoms with E-state index in [2.05, 4.69) is 0 Å². The SMILES string of the molecule is CC(=O)OC1Cc2ccc(O)cc2OC1c1ccc2c(c1)OCO2. The van der Waals surface area contributed by atoms with E-state index >= 15 is 0 Å². The molecule has 0 spiro atoms. The maximum Gasteiger partial charge on any atom is 0.303 e. The van der Waals surface area contributed by atoms with E-state index in [-0.39, 0.29) is 18.5 Å². The summed E-state index contributed by atoms with van der Waals surface area (Å²) in [5.41, 5.74) is 1.70. The van der Waals surface area contributed by atoms with Gasteiger partial charge in [0.15, 0.2) is 17.6 Å². The number of hydrogen-bond acceptors (Lipinski definition) is 6. The Morgan fingerprint density at radius 1 is 1.12 bits per heavy atom. The number of aromatic hydroxyl groups is 1. The average Bonchev–Trinajstić information content (AvgIpc) is 3.01. The Labute approximate surface area is 138 Å². The molecule has 2 aromatic carbocycles. The molecule has 2 atom stereocenters. The van der Waals surface area contributed by atoms with E-state index in [4.69, 9.17) is 18.9 Å². The van der Waals surface area contributed by atoms with Crippen molar-refractivity contribution in [2.75, 3.05) is 6.79 Å². The number of carbonyl (C=O) groups is 1. The third-order valence-corrected chi connectivity index (χ3v) is 4.11. The van der Waals surface area contributed by atoms with Crippen molar-refractivity contribution in [2.24, 2.45) is 0 Å². The molecule has 0 radical (unpaired) electrons. The van der Waals surface area contributed by atoms with E-state index in [9.17, 15) is 9.90 Å². The van der Waals surface area contributed by atoms with E-state index in [1.165, 1.54) is 6.92 Å². The summed E-state index contributed by atoms with van der Waals surface area (Å²) in [7, 11) is 0. The second-order valence-corrected chi connectivity index (χ2v) is 5.80. The van der Waals surface area contributed by atoms with Crippen LogP contribution in [-0.4, -0.2) is 24.0 Å². The Hall–Kier alpha value is -2.89. The molecule has 0 aliphatic carbocycles. The monoisotopic (exact) mass is 328 g/mol. The molecule has 0 saturated carbocycles. The zero-order valence-corrected chi connectivity index (χ0v) is 13.0. The number of esters is 1. The highest BCUT2D eigenvalue weighted by Crippen LogP contribution is 2.41. The van der Waals surface area contributed by atoms with Gasteiger partial charge in [-0.25, -0.2) is 0 Å². The predicted molar refractivity (Wildman–Crippen MR) is 83.3 cm³/mol. The molecular weight excluding hydrogens is 312 g/mol. The normalized spacial score (nSPS) is 20.9. The van der Waals surface area contributed by atoms with E-state index in [1.54, 1.807) is 18.2 Å². The Bertz CT molecular complexity index is 800. The Kier molecular flexibility index (Phi) is 3.45. The fourth-order valence-electron chi connectivity index (χ4n) is 3.05. The summed E-state index contributed by atoms with van der Waals surface area (Å²) in [6.45, 7) is 1.57. The quantitative estimate of drug-likeness (QED) is 0.855. The van der Waals surface area contributed by atoms with Crippen LogP contribution in [0.2, 0.25) is 0 Å². The number of benzene rings is 2. The largest absolute Gasteiger partial charge is 0.508 e. The molecule has 2 aliphatic heterocycles. The Morgan fingerprint density at radius 2 is 1.96 bits per heavy atom. The average molecular weight is 328 g/mol. The first-order valence-corrected chi connectivity index (χ1v) is 7.65. The minimum atomic E-state index is -0.488. The van der Waals surface area contributed by atoms with Crippen LogP contribution >= 0.6 is 0 Å². The van der Waals surface area contributed by atoms with Gasteiger partial charge < -0.3 is 24.1 Å². The lowest BCUT2D eigenvalue weighted by atomic mass is 9.94. The smallest absolute Gasteiger partial charge is 0.303 e. The van der Waals surface area contributed by atoms with Crippen molar-refractivity contribution in [3.05, 3.63) is 47.5 Å². The van der Waals surface area contributed by atoms with Crippen LogP contribution in [0.1, 0.15) is 24.2 Å². The zero-order valence-electron chi connectivity index (χ0n) is 13.0. The topological polar surface area (TPSA) is 74.2 Å². The van der Waals surface area contributed by atoms with Gasteiger partial charge in [-0.1, -0.05) is 12.1 Å². The zero-order chi connectivity index (χ0) is 16.7. The van der Waals surface area contributed by atoms with Crippen molar-refractivity contribution in [3.8, 4) is 23.0 Å². The number of hydrogen-bond donors (Lipinski definition) is 1. The number of carbonyl (C=O) groups excluding carboxylic acids is 1. The van der Waals surface area contributed by atoms with Gasteiger partial charge in [-0.2, -0.15) is 0 Å². The molecular formula is C18H16O6. The molecule has 0 bridgehead atoms. The maximum atomic E-state index is 11.5. The number of fused-ring (bicyclic) bond motifs is 2. The molecule has 6 heteroatoms. The first kappa shape index (κ1) is 14.7. The standard InChI is InChI=1S/C18H16O6/c1-10(19)23-17-6-11-2-4-13(20)8-15(11)24-18(17)12-3-5-14-16(7-12)22-9-21-14/h2-5,7-8,17-18,20H,6,9H2,1H3. The third kappa shape index (κ3) is 2.60. The molecule has 4 rings (SSSR count). The number of phenols is 1. The Balaban J connectivity index is 1.71. The molecule has 124 valence electrons. The second kappa shape index (κ2) is 5.63. The highest BCUT2D eigenvalue weighted by molar-refractivity contribution is 5.66. The molecule has 24 heavy (non-hydrogen) atoms. The summed E-state index contributed by atoms with van der Waals surface area (Å²) in [5, 5.41) is 9.68. The highest BCUT2D eigenvalue weighted by Gasteiger charge is 2.34. The maximum absolute atomic E-state index is 11.5. The van der Waals surface area contributed by atoms with Crippen molar-refractivity contribution in [1.82, 2.24) is 0 Å². The summed E-state index contributed by atoms with van der Waals surface area (Å²) >= 11 is 0. The molecule has 0 aromatic heterocycles. The lowest BCUT2D eigenvalue weighted by molar-refractivity contribution is -0.152. The summed E-state index contributed by atoms with van der Waals surface area (Å²) in [6.07, 6.45) is -0.438. The van der Waals surface area contributed by atoms with Crippen molar-refractivity contribution in [1.29, 1.82) is 0 Å². The number of rotatable bonds is 2. The van der Waals surface area contributed by atoms with Crippen LogP contribution in [0, 0.1) is 0 Å². The van der Waals surface area contributed by atoms with Crippen molar-refractivity contribution >= 4 is 5.97 Å². The fourth-order valence-corrected chi connectivity index (χ4v) is 3.05. The molecule has 0 fully saturated rings. The lowest BCUT2D eigenvalue weighted by Gasteiger charge is -2.33. The molecule has 6 nitrogen and oxygen atoms in total. The molecule has 2 heterocycles. The van der Waals surface area contributed by atoms with Gasteiger partial charge in [-0.15, -0.1) is 0 Å². The van der Waals surface area contributed by atoms with Crippen LogP contribution < -0.4 is 14.2 Å². The van der Waals surface area contributed by atoms with Gasteiger partial charge in [0, 0.05) is 25.0 Å². The van der Waals surface area contributed by atoms with Gasteiger partial charge in [-0.05, 0) is 23.8 Å². The fraction of sp³-hybridized carbons (Fsp3) is 0.278. The first-order valence-electron chi connectivity index (χ1n) is 7.65. The summed E-state index contributed by atoms with van der Waals surface area (Å²) in [5.74, 6) is 1.66. The molecule has 0 amide bonds. The van der Waals surface area contributed by atoms with Gasteiger partial charge in [-0.3, -0.25) is 4.79 Å². The Morgan fingerprint density at radius 3 is 2.79 bits per heavy atom. The van der Waals surface area contributed by atoms with Gasteiger partial charge in [0.2, 0.25) is 6.79 Å². The molecule has 1 N–H and O–H groups in total. The van der Waals surface area contributed by atoms with Gasteiger partial charge in [0.05, 0.1) is 0 Å². The van der Waals surface area contributed by atoms with Crippen LogP contribution in [-0.2, 0) is 16.0 Å². The van der Waals surface area contributed by atoms with Crippen molar-refractivity contribution < 1.29 is 28.8 Å². The van der Waals surface area contributed by atoms with E-state index in [0.717, 1.165) is 11.1 Å². The van der Waals surface area contributed by atoms with Crippen LogP contribution in [0.15, 0.2) is 36.4 Å². The van der Waals surface area contributed by atoms with Crippen LogP contribution in [0.4, 0.5) is 0 Å². The lowest BCUT2D eigenvalue weighted by Crippen LogP contribution is -2.34. The van der Waals surface area contributed by atoms with Crippen LogP contribution in [0.3, 0.4) is 0 Å². The predicted octanol–water partition coefficient (Wildman–Crippen LogP) is 2.73. The van der Waals surface area contributed by atoms with E-state index < -0.39 is 12.2 Å². The minimum Gasteiger partial charge on any atom is -0.508 e. The van der Waals surface area contributed by atoms with Crippen molar-refractivity contribution in [2.45, 2.75) is 25.6 Å². The highest BCUT2D eigenvalue weighted by atomic mass is 16.7. The van der Waals surface area contributed by atoms with Gasteiger partial charge >= 0.3 is 5.97 Å². The first-order chi connectivity index (χ1) is 11.6. The molecule has 2 aliphatic rings. The summed E-state index contributed by atoms with van der Waals surface area (Å²) < 4.78 is 22.2. The minimum absolute atomic E-state index is 0.129. The third-order valence-electron chi connectivity index (χ3n) is 4.11. The van der Waals surface area contributed by atoms with Gasteiger partial charge in [0.1, 0.15) is 17.6 Å². The summed E-state index contributed by atoms with van der Waals surface area (Å²) in [4.78, 5) is 11.5. The summed E-state index contributed by atoms with van der Waals surface area (Å²) in [6, 6.07) is 10.4. The van der Waals surface area contributed by atoms with Gasteiger partial charge in [0.25, 0.3) is 0 Å². The second-order valence-electron chi connectivity index (χ2n) is 5.80. The molecule has 2 aromatic rings. The molecule has 0 saturated heterocycles. The van der Waals surface area contributed by atoms with E-state index in [1.807, 2.05) is 18.2 Å². The van der Waals surface area contributed by atoms with E-state index in [0.29, 0.717) is 23.7 Å². The van der Waals surface area contributed by atoms with Crippen LogP contribution in [0.5, 0.6) is 23.0 Å². The van der Waals surface area contributed by atoms with Crippen LogP contribution in [0.25, 0.3) is 0 Å². The number of ether oxygens (including phenoxy) is 4. The number of phenolic OH excluding ortho intramolecular Hbond substituents is 1.